The van der Waals surface area contributed by atoms with Gasteiger partial charge >= 0.3 is 0 Å². The lowest BCUT2D eigenvalue weighted by atomic mass is 10.1. The standard InChI is InChI=1S/C12H20N4O2/c1-15-7-9(6-14-15)11-4-3-5-16(11)12(17)10(13)8-18-2/h6-7,10-11H,3-5,8,13H2,1-2H3. The summed E-state index contributed by atoms with van der Waals surface area (Å²) in [5.74, 6) is -0.0387. The summed E-state index contributed by atoms with van der Waals surface area (Å²) in [7, 11) is 3.43. The van der Waals surface area contributed by atoms with E-state index in [9.17, 15) is 4.79 Å². The number of carbonyl (C=O) groups is 1. The van der Waals surface area contributed by atoms with Crippen LogP contribution in [0.5, 0.6) is 0 Å². The third kappa shape index (κ3) is 2.54. The molecule has 1 saturated heterocycles. The van der Waals surface area contributed by atoms with E-state index in [-0.39, 0.29) is 18.6 Å². The number of amides is 1. The minimum Gasteiger partial charge on any atom is -0.383 e. The molecule has 1 aromatic rings. The first-order valence-corrected chi connectivity index (χ1v) is 6.17. The first-order chi connectivity index (χ1) is 8.63. The highest BCUT2D eigenvalue weighted by atomic mass is 16.5. The van der Waals surface area contributed by atoms with Gasteiger partial charge in [0.05, 0.1) is 18.8 Å². The van der Waals surface area contributed by atoms with Crippen molar-refractivity contribution in [3.63, 3.8) is 0 Å². The van der Waals surface area contributed by atoms with Gasteiger partial charge in [0.15, 0.2) is 0 Å². The molecule has 2 atom stereocenters. The normalized spacial score (nSPS) is 21.3. The number of hydrogen-bond donors (Lipinski definition) is 1. The Hall–Kier alpha value is -1.40. The second-order valence-corrected chi connectivity index (χ2v) is 4.70. The number of hydrogen-bond acceptors (Lipinski definition) is 4. The lowest BCUT2D eigenvalue weighted by Gasteiger charge is -2.26. The zero-order chi connectivity index (χ0) is 13.1. The van der Waals surface area contributed by atoms with E-state index >= 15 is 0 Å². The van der Waals surface area contributed by atoms with Gasteiger partial charge in [-0.3, -0.25) is 9.48 Å². The first-order valence-electron chi connectivity index (χ1n) is 6.17. The molecule has 1 aromatic heterocycles. The van der Waals surface area contributed by atoms with Gasteiger partial charge in [-0.2, -0.15) is 5.10 Å². The number of methoxy groups -OCH3 is 1. The van der Waals surface area contributed by atoms with Crippen molar-refractivity contribution >= 4 is 5.91 Å². The average molecular weight is 252 g/mol. The van der Waals surface area contributed by atoms with Crippen molar-refractivity contribution < 1.29 is 9.53 Å². The number of aryl methyl sites for hydroxylation is 1. The van der Waals surface area contributed by atoms with E-state index in [1.54, 1.807) is 11.8 Å². The second-order valence-electron chi connectivity index (χ2n) is 4.70. The van der Waals surface area contributed by atoms with Crippen molar-refractivity contribution in [2.75, 3.05) is 20.3 Å². The van der Waals surface area contributed by atoms with Crippen molar-refractivity contribution in [1.29, 1.82) is 0 Å². The van der Waals surface area contributed by atoms with Gasteiger partial charge in [-0.05, 0) is 12.8 Å². The van der Waals surface area contributed by atoms with Crippen molar-refractivity contribution in [3.8, 4) is 0 Å². The fourth-order valence-corrected chi connectivity index (χ4v) is 2.45. The van der Waals surface area contributed by atoms with Gasteiger partial charge in [-0.1, -0.05) is 0 Å². The molecule has 0 bridgehead atoms. The van der Waals surface area contributed by atoms with Gasteiger partial charge in [0.2, 0.25) is 5.91 Å². The van der Waals surface area contributed by atoms with Gasteiger partial charge < -0.3 is 15.4 Å². The Labute approximate surface area is 107 Å². The molecule has 0 aromatic carbocycles. The third-order valence-electron chi connectivity index (χ3n) is 3.31. The minimum absolute atomic E-state index is 0.0387. The maximum atomic E-state index is 12.2. The molecule has 6 nitrogen and oxygen atoms in total. The van der Waals surface area contributed by atoms with Gasteiger partial charge in [0.1, 0.15) is 6.04 Å². The van der Waals surface area contributed by atoms with E-state index in [1.807, 2.05) is 24.3 Å². The summed E-state index contributed by atoms with van der Waals surface area (Å²) >= 11 is 0. The van der Waals surface area contributed by atoms with Crippen molar-refractivity contribution in [2.45, 2.75) is 24.9 Å². The second kappa shape index (κ2) is 5.49. The molecule has 1 amide bonds. The number of aromatic nitrogens is 2. The zero-order valence-corrected chi connectivity index (χ0v) is 10.9. The summed E-state index contributed by atoms with van der Waals surface area (Å²) in [6, 6.07) is -0.471. The molecular weight excluding hydrogens is 232 g/mol. The molecule has 2 unspecified atom stereocenters. The summed E-state index contributed by atoms with van der Waals surface area (Å²) in [4.78, 5) is 14.1. The molecule has 0 spiro atoms. The van der Waals surface area contributed by atoms with Gasteiger partial charge in [0, 0.05) is 32.5 Å². The zero-order valence-electron chi connectivity index (χ0n) is 10.9. The topological polar surface area (TPSA) is 73.4 Å². The van der Waals surface area contributed by atoms with Crippen molar-refractivity contribution in [2.24, 2.45) is 12.8 Å². The predicted octanol–water partition coefficient (Wildman–Crippen LogP) is 0.0573. The van der Waals surface area contributed by atoms with Crippen LogP contribution < -0.4 is 5.73 Å². The Kier molecular flexibility index (Phi) is 3.98. The summed E-state index contributed by atoms with van der Waals surface area (Å²) in [6.07, 6.45) is 5.75. The van der Waals surface area contributed by atoms with Gasteiger partial charge in [-0.15, -0.1) is 0 Å². The highest BCUT2D eigenvalue weighted by Gasteiger charge is 2.33. The van der Waals surface area contributed by atoms with Crippen LogP contribution in [0.25, 0.3) is 0 Å². The monoisotopic (exact) mass is 252 g/mol. The van der Waals surface area contributed by atoms with Crippen molar-refractivity contribution in [3.05, 3.63) is 18.0 Å². The Morgan fingerprint density at radius 3 is 3.11 bits per heavy atom. The number of carbonyl (C=O) groups excluding carboxylic acids is 1. The Bertz CT molecular complexity index is 418. The minimum atomic E-state index is -0.577. The van der Waals surface area contributed by atoms with Crippen LogP contribution >= 0.6 is 0 Å². The van der Waals surface area contributed by atoms with E-state index in [0.29, 0.717) is 0 Å². The van der Waals surface area contributed by atoms with E-state index < -0.39 is 6.04 Å². The molecule has 1 fully saturated rings. The maximum Gasteiger partial charge on any atom is 0.242 e. The average Bonchev–Trinajstić information content (AvgIpc) is 2.96. The van der Waals surface area contributed by atoms with Crippen LogP contribution in [-0.4, -0.2) is 46.9 Å². The van der Waals surface area contributed by atoms with Crippen LogP contribution in [0.15, 0.2) is 12.4 Å². The molecule has 1 aliphatic heterocycles. The Morgan fingerprint density at radius 2 is 2.50 bits per heavy atom. The Balaban J connectivity index is 2.10. The SMILES string of the molecule is COCC(N)C(=O)N1CCCC1c1cnn(C)c1. The molecule has 0 aliphatic carbocycles. The summed E-state index contributed by atoms with van der Waals surface area (Å²) in [5, 5.41) is 4.16. The number of rotatable bonds is 4. The van der Waals surface area contributed by atoms with Crippen LogP contribution in [0.2, 0.25) is 0 Å². The number of nitrogens with zero attached hydrogens (tertiary/aromatic N) is 3. The fourth-order valence-electron chi connectivity index (χ4n) is 2.45. The molecule has 1 aliphatic rings. The molecule has 2 rings (SSSR count). The third-order valence-corrected chi connectivity index (χ3v) is 3.31. The first kappa shape index (κ1) is 13.0. The van der Waals surface area contributed by atoms with Crippen LogP contribution in [0, 0.1) is 0 Å². The number of likely N-dealkylation sites (tertiary alicyclic amines) is 1. The molecule has 100 valence electrons. The predicted molar refractivity (Wildman–Crippen MR) is 66.7 cm³/mol. The molecular formula is C12H20N4O2. The molecule has 2 heterocycles. The molecule has 0 saturated carbocycles. The van der Waals surface area contributed by atoms with Gasteiger partial charge in [-0.25, -0.2) is 0 Å². The highest BCUT2D eigenvalue weighted by molar-refractivity contribution is 5.82. The van der Waals surface area contributed by atoms with Crippen LogP contribution in [0.4, 0.5) is 0 Å². The lowest BCUT2D eigenvalue weighted by Crippen LogP contribution is -2.45. The van der Waals surface area contributed by atoms with Crippen molar-refractivity contribution in [1.82, 2.24) is 14.7 Å². The number of ether oxygens (including phenoxy) is 1. The summed E-state index contributed by atoms with van der Waals surface area (Å²) in [5.41, 5.74) is 6.89. The largest absolute Gasteiger partial charge is 0.383 e. The van der Waals surface area contributed by atoms with E-state index in [4.69, 9.17) is 10.5 Å². The van der Waals surface area contributed by atoms with E-state index in [0.717, 1.165) is 24.9 Å². The molecule has 18 heavy (non-hydrogen) atoms. The number of nitrogens with two attached hydrogens (primary N) is 1. The molecule has 0 radical (unpaired) electrons. The quantitative estimate of drug-likeness (QED) is 0.822. The Morgan fingerprint density at radius 1 is 1.72 bits per heavy atom. The van der Waals surface area contributed by atoms with E-state index in [2.05, 4.69) is 5.10 Å². The summed E-state index contributed by atoms with van der Waals surface area (Å²) in [6.45, 7) is 1.02. The summed E-state index contributed by atoms with van der Waals surface area (Å²) < 4.78 is 6.70. The lowest BCUT2D eigenvalue weighted by molar-refractivity contribution is -0.134. The smallest absolute Gasteiger partial charge is 0.242 e. The fraction of sp³-hybridized carbons (Fsp3) is 0.667. The highest BCUT2D eigenvalue weighted by Crippen LogP contribution is 2.31. The van der Waals surface area contributed by atoms with Crippen LogP contribution in [-0.2, 0) is 16.6 Å². The van der Waals surface area contributed by atoms with Gasteiger partial charge in [0.25, 0.3) is 0 Å². The maximum absolute atomic E-state index is 12.2. The van der Waals surface area contributed by atoms with Crippen LogP contribution in [0.3, 0.4) is 0 Å². The van der Waals surface area contributed by atoms with Crippen LogP contribution in [0.1, 0.15) is 24.4 Å². The molecule has 6 heteroatoms. The van der Waals surface area contributed by atoms with E-state index in [1.165, 1.54) is 0 Å². The molecule has 2 N–H and O–H groups in total.